The largest absolute Gasteiger partial charge is 0.506 e. The van der Waals surface area contributed by atoms with Crippen molar-refractivity contribution < 1.29 is 24.4 Å². The molecule has 4 rings (SSSR count). The Kier molecular flexibility index (Phi) is 7.16. The van der Waals surface area contributed by atoms with Gasteiger partial charge in [0.2, 0.25) is 0 Å². The lowest BCUT2D eigenvalue weighted by molar-refractivity contribution is -0.384. The van der Waals surface area contributed by atoms with Gasteiger partial charge in [0.1, 0.15) is 16.4 Å². The zero-order valence-corrected chi connectivity index (χ0v) is 20.2. The highest BCUT2D eigenvalue weighted by Crippen LogP contribution is 2.39. The van der Waals surface area contributed by atoms with Gasteiger partial charge in [0.05, 0.1) is 22.1 Å². The first-order valence-corrected chi connectivity index (χ1v) is 11.7. The third kappa shape index (κ3) is 5.13. The molecule has 1 aromatic heterocycles. The minimum absolute atomic E-state index is 0.0243. The van der Waals surface area contributed by atoms with E-state index in [1.54, 1.807) is 72.3 Å². The molecule has 3 aromatic rings. The van der Waals surface area contributed by atoms with Crippen LogP contribution >= 0.6 is 11.8 Å². The molecule has 1 N–H and O–H groups in total. The van der Waals surface area contributed by atoms with Gasteiger partial charge >= 0.3 is 5.97 Å². The van der Waals surface area contributed by atoms with Gasteiger partial charge in [-0.2, -0.15) is 0 Å². The maximum atomic E-state index is 12.8. The van der Waals surface area contributed by atoms with Crippen molar-refractivity contribution in [1.82, 2.24) is 4.57 Å². The van der Waals surface area contributed by atoms with Crippen LogP contribution < -0.4 is 0 Å². The molecule has 0 spiro atoms. The average molecular weight is 504 g/mol. The van der Waals surface area contributed by atoms with Crippen molar-refractivity contribution in [3.8, 4) is 5.69 Å². The quantitative estimate of drug-likeness (QED) is 0.271. The first-order valence-electron chi connectivity index (χ1n) is 10.9. The summed E-state index contributed by atoms with van der Waals surface area (Å²) < 4.78 is 6.78. The predicted octanol–water partition coefficient (Wildman–Crippen LogP) is 5.40. The van der Waals surface area contributed by atoms with E-state index in [4.69, 9.17) is 4.74 Å². The number of benzene rings is 2. The number of aliphatic hydroxyl groups is 1. The van der Waals surface area contributed by atoms with E-state index >= 15 is 0 Å². The van der Waals surface area contributed by atoms with Gasteiger partial charge in [-0.3, -0.25) is 14.9 Å². The first kappa shape index (κ1) is 24.7. The maximum absolute atomic E-state index is 12.8. The van der Waals surface area contributed by atoms with Crippen LogP contribution in [0.15, 0.2) is 88.1 Å². The van der Waals surface area contributed by atoms with Crippen LogP contribution in [-0.2, 0) is 9.53 Å². The number of non-ortho nitro benzene ring substituents is 1. The number of nitro benzene ring substituents is 1. The van der Waals surface area contributed by atoms with E-state index in [-0.39, 0.29) is 33.6 Å². The molecule has 10 heteroatoms. The molecular weight excluding hydrogens is 482 g/mol. The maximum Gasteiger partial charge on any atom is 0.344 e. The summed E-state index contributed by atoms with van der Waals surface area (Å²) in [6.45, 7) is 3.61. The fourth-order valence-corrected chi connectivity index (χ4v) is 4.48. The molecule has 182 valence electrons. The van der Waals surface area contributed by atoms with Crippen LogP contribution in [0.1, 0.15) is 28.5 Å². The standard InChI is InChI=1S/C26H21N3O6S/c1-3-35-26(32)22-23(30)21(36-25(22)27-24(31)17-11-9-16(2)10-12-17)15-19-8-5-13-28(19)18-6-4-7-20(14-18)29(33)34/h4-15,30H,3H2,1-2H3/b21-15-,27-25?. The number of aromatic nitrogens is 1. The normalized spacial score (nSPS) is 15.5. The molecule has 0 bridgehead atoms. The van der Waals surface area contributed by atoms with Crippen LogP contribution in [0.5, 0.6) is 0 Å². The molecule has 1 aliphatic heterocycles. The summed E-state index contributed by atoms with van der Waals surface area (Å²) in [5.74, 6) is -1.72. The van der Waals surface area contributed by atoms with E-state index in [9.17, 15) is 24.8 Å². The molecule has 9 nitrogen and oxygen atoms in total. The topological polar surface area (TPSA) is 124 Å². The lowest BCUT2D eigenvalue weighted by Crippen LogP contribution is -2.14. The number of nitro groups is 1. The Bertz CT molecular complexity index is 1450. The zero-order valence-electron chi connectivity index (χ0n) is 19.4. The van der Waals surface area contributed by atoms with Crippen LogP contribution in [-0.4, -0.2) is 38.1 Å². The number of nitrogens with zero attached hydrogens (tertiary/aromatic N) is 3. The summed E-state index contributed by atoms with van der Waals surface area (Å²) >= 11 is 0.961. The second-order valence-electron chi connectivity index (χ2n) is 7.72. The van der Waals surface area contributed by atoms with E-state index in [0.29, 0.717) is 16.9 Å². The fourth-order valence-electron chi connectivity index (χ4n) is 3.48. The van der Waals surface area contributed by atoms with E-state index < -0.39 is 16.8 Å². The number of aliphatic hydroxyl groups excluding tert-OH is 1. The highest BCUT2D eigenvalue weighted by atomic mass is 32.2. The minimum atomic E-state index is -0.796. The number of carbonyl (C=O) groups is 2. The SMILES string of the molecule is CCOC(=O)C1=C(O)/C(=C/c2cccn2-c2cccc([N+](=O)[O-])c2)SC1=NC(=O)c1ccc(C)cc1. The predicted molar refractivity (Wildman–Crippen MR) is 137 cm³/mol. The number of ether oxygens (including phenoxy) is 1. The van der Waals surface area contributed by atoms with Crippen molar-refractivity contribution in [3.05, 3.63) is 110 Å². The van der Waals surface area contributed by atoms with Crippen LogP contribution in [0.25, 0.3) is 11.8 Å². The van der Waals surface area contributed by atoms with Gasteiger partial charge in [0.15, 0.2) is 0 Å². The number of hydrogen-bond acceptors (Lipinski definition) is 7. The van der Waals surface area contributed by atoms with Crippen molar-refractivity contribution in [1.29, 1.82) is 0 Å². The number of hydrogen-bond donors (Lipinski definition) is 1. The average Bonchev–Trinajstić information content (AvgIpc) is 3.44. The molecule has 1 amide bonds. The summed E-state index contributed by atoms with van der Waals surface area (Å²) in [7, 11) is 0. The zero-order chi connectivity index (χ0) is 25.8. The Morgan fingerprint density at radius 3 is 2.61 bits per heavy atom. The highest BCUT2D eigenvalue weighted by molar-refractivity contribution is 8.18. The third-order valence-corrected chi connectivity index (χ3v) is 6.27. The number of rotatable bonds is 6. The summed E-state index contributed by atoms with van der Waals surface area (Å²) in [5.41, 5.74) is 2.19. The first-order chi connectivity index (χ1) is 17.3. The molecule has 0 atom stereocenters. The Hall–Kier alpha value is -4.44. The van der Waals surface area contributed by atoms with Crippen LogP contribution in [0.2, 0.25) is 0 Å². The minimum Gasteiger partial charge on any atom is -0.506 e. The summed E-state index contributed by atoms with van der Waals surface area (Å²) in [6, 6.07) is 16.4. The highest BCUT2D eigenvalue weighted by Gasteiger charge is 2.34. The Labute approximate surface area is 210 Å². The molecule has 0 saturated carbocycles. The molecule has 0 radical (unpaired) electrons. The molecule has 0 unspecified atom stereocenters. The van der Waals surface area contributed by atoms with E-state index in [0.717, 1.165) is 17.3 Å². The molecular formula is C26H21N3O6S. The van der Waals surface area contributed by atoms with Crippen LogP contribution in [0, 0.1) is 17.0 Å². The monoisotopic (exact) mass is 503 g/mol. The molecule has 2 heterocycles. The number of aliphatic imine (C=N–C) groups is 1. The Balaban J connectivity index is 1.74. The second-order valence-corrected chi connectivity index (χ2v) is 8.75. The molecule has 2 aromatic carbocycles. The summed E-state index contributed by atoms with van der Waals surface area (Å²) in [6.07, 6.45) is 3.32. The van der Waals surface area contributed by atoms with Gasteiger partial charge in [-0.1, -0.05) is 35.5 Å². The van der Waals surface area contributed by atoms with Crippen LogP contribution in [0.3, 0.4) is 0 Å². The summed E-state index contributed by atoms with van der Waals surface area (Å²) in [4.78, 5) is 40.5. The van der Waals surface area contributed by atoms with Crippen molar-refractivity contribution in [2.75, 3.05) is 6.61 Å². The molecule has 0 fully saturated rings. The number of thioether (sulfide) groups is 1. The molecule has 0 saturated heterocycles. The smallest absolute Gasteiger partial charge is 0.344 e. The van der Waals surface area contributed by atoms with Crippen molar-refractivity contribution in [2.45, 2.75) is 13.8 Å². The Morgan fingerprint density at radius 1 is 1.17 bits per heavy atom. The van der Waals surface area contributed by atoms with E-state index in [1.807, 2.05) is 6.92 Å². The Morgan fingerprint density at radius 2 is 1.92 bits per heavy atom. The van der Waals surface area contributed by atoms with Gasteiger partial charge in [-0.15, -0.1) is 0 Å². The van der Waals surface area contributed by atoms with Gasteiger partial charge < -0.3 is 14.4 Å². The van der Waals surface area contributed by atoms with E-state index in [1.165, 1.54) is 12.1 Å². The van der Waals surface area contributed by atoms with Gasteiger partial charge in [-0.05, 0) is 50.3 Å². The van der Waals surface area contributed by atoms with Gasteiger partial charge in [0, 0.05) is 29.6 Å². The lowest BCUT2D eigenvalue weighted by atomic mass is 10.1. The number of carbonyl (C=O) groups excluding carboxylic acids is 2. The van der Waals surface area contributed by atoms with Crippen LogP contribution in [0.4, 0.5) is 5.69 Å². The molecule has 36 heavy (non-hydrogen) atoms. The van der Waals surface area contributed by atoms with Crippen molar-refractivity contribution in [2.24, 2.45) is 4.99 Å². The number of aryl methyl sites for hydroxylation is 1. The van der Waals surface area contributed by atoms with Gasteiger partial charge in [-0.25, -0.2) is 9.79 Å². The molecule has 0 aliphatic carbocycles. The third-order valence-electron chi connectivity index (χ3n) is 5.25. The summed E-state index contributed by atoms with van der Waals surface area (Å²) in [5, 5.41) is 22.1. The van der Waals surface area contributed by atoms with Crippen molar-refractivity contribution >= 4 is 40.4 Å². The number of amides is 1. The second kappa shape index (κ2) is 10.4. The van der Waals surface area contributed by atoms with E-state index in [2.05, 4.69) is 4.99 Å². The van der Waals surface area contributed by atoms with Crippen molar-refractivity contribution in [3.63, 3.8) is 0 Å². The lowest BCUT2D eigenvalue weighted by Gasteiger charge is -2.07. The number of esters is 1. The fraction of sp³-hybridized carbons (Fsp3) is 0.115. The van der Waals surface area contributed by atoms with Gasteiger partial charge in [0.25, 0.3) is 11.6 Å². The molecule has 1 aliphatic rings.